The van der Waals surface area contributed by atoms with Crippen LogP contribution in [0.3, 0.4) is 0 Å². The van der Waals surface area contributed by atoms with Crippen LogP contribution < -0.4 is 9.47 Å². The van der Waals surface area contributed by atoms with Gasteiger partial charge in [0.05, 0.1) is 0 Å². The molecule has 0 aliphatic carbocycles. The van der Waals surface area contributed by atoms with Gasteiger partial charge in [-0.25, -0.2) is 0 Å². The van der Waals surface area contributed by atoms with E-state index in [4.69, 9.17) is 9.47 Å². The van der Waals surface area contributed by atoms with E-state index >= 15 is 0 Å². The molecule has 128 valence electrons. The lowest BCUT2D eigenvalue weighted by atomic mass is 10.2. The summed E-state index contributed by atoms with van der Waals surface area (Å²) in [6, 6.07) is 17.4. The van der Waals surface area contributed by atoms with E-state index < -0.39 is 0 Å². The number of ether oxygens (including phenoxy) is 2. The average molecular weight is 327 g/mol. The maximum atomic E-state index is 12.1. The van der Waals surface area contributed by atoms with Crippen LogP contribution in [0.25, 0.3) is 0 Å². The van der Waals surface area contributed by atoms with Crippen molar-refractivity contribution in [3.05, 3.63) is 60.2 Å². The fraction of sp³-hybridized carbons (Fsp3) is 0.350. The molecule has 0 saturated carbocycles. The van der Waals surface area contributed by atoms with Gasteiger partial charge in [-0.1, -0.05) is 55.8 Å². The van der Waals surface area contributed by atoms with Gasteiger partial charge in [-0.3, -0.25) is 4.79 Å². The van der Waals surface area contributed by atoms with Gasteiger partial charge in [-0.05, 0) is 24.1 Å². The average Bonchev–Trinajstić information content (AvgIpc) is 2.63. The van der Waals surface area contributed by atoms with E-state index in [1.807, 2.05) is 54.6 Å². The monoisotopic (exact) mass is 327 g/mol. The summed E-state index contributed by atoms with van der Waals surface area (Å²) < 4.78 is 11.5. The molecule has 0 bridgehead atoms. The molecule has 0 spiro atoms. The highest BCUT2D eigenvalue weighted by Crippen LogP contribution is 2.27. The molecule has 0 saturated heterocycles. The van der Waals surface area contributed by atoms with Crippen molar-refractivity contribution in [1.82, 2.24) is 4.90 Å². The molecular weight excluding hydrogens is 302 g/mol. The second-order valence-electron chi connectivity index (χ2n) is 5.68. The van der Waals surface area contributed by atoms with Gasteiger partial charge in [0.1, 0.15) is 6.61 Å². The van der Waals surface area contributed by atoms with E-state index in [2.05, 4.69) is 6.92 Å². The summed E-state index contributed by atoms with van der Waals surface area (Å²) in [5.41, 5.74) is 1.09. The van der Waals surface area contributed by atoms with Gasteiger partial charge in [-0.15, -0.1) is 0 Å². The minimum absolute atomic E-state index is 0.0198. The lowest BCUT2D eigenvalue weighted by Gasteiger charge is -2.18. The Morgan fingerprint density at radius 2 is 1.58 bits per heavy atom. The normalized spacial score (nSPS) is 10.2. The minimum atomic E-state index is -0.0266. The number of carbonyl (C=O) groups is 1. The Morgan fingerprint density at radius 1 is 0.958 bits per heavy atom. The van der Waals surface area contributed by atoms with Crippen molar-refractivity contribution in [2.75, 3.05) is 20.2 Å². The summed E-state index contributed by atoms with van der Waals surface area (Å²) in [6.45, 7) is 3.34. The second-order valence-corrected chi connectivity index (χ2v) is 5.68. The number of likely N-dealkylation sites (N-methyl/N-ethyl adjacent to an activating group) is 1. The van der Waals surface area contributed by atoms with Crippen molar-refractivity contribution < 1.29 is 14.3 Å². The molecule has 2 aromatic rings. The maximum Gasteiger partial charge on any atom is 0.260 e. The third-order valence-corrected chi connectivity index (χ3v) is 3.71. The number of rotatable bonds is 9. The molecular formula is C20H25NO3. The SMILES string of the molecule is CCCCN(C)C(=O)COc1ccccc1OCc1ccccc1. The first kappa shape index (κ1) is 17.9. The first-order chi connectivity index (χ1) is 11.7. The van der Waals surface area contributed by atoms with Crippen molar-refractivity contribution in [3.63, 3.8) is 0 Å². The van der Waals surface area contributed by atoms with Gasteiger partial charge in [0.15, 0.2) is 18.1 Å². The molecule has 0 heterocycles. The van der Waals surface area contributed by atoms with E-state index in [1.54, 1.807) is 11.9 Å². The molecule has 0 N–H and O–H groups in total. The topological polar surface area (TPSA) is 38.8 Å². The number of unbranched alkanes of at least 4 members (excludes halogenated alkanes) is 1. The zero-order chi connectivity index (χ0) is 17.2. The highest BCUT2D eigenvalue weighted by molar-refractivity contribution is 5.77. The van der Waals surface area contributed by atoms with Crippen molar-refractivity contribution in [3.8, 4) is 11.5 Å². The number of hydrogen-bond acceptors (Lipinski definition) is 3. The van der Waals surface area contributed by atoms with Crippen molar-refractivity contribution in [2.45, 2.75) is 26.4 Å². The van der Waals surface area contributed by atoms with Crippen molar-refractivity contribution in [1.29, 1.82) is 0 Å². The van der Waals surface area contributed by atoms with Crippen LogP contribution in [0.5, 0.6) is 11.5 Å². The number of benzene rings is 2. The van der Waals surface area contributed by atoms with Gasteiger partial charge < -0.3 is 14.4 Å². The Bertz CT molecular complexity index is 628. The predicted octanol–water partition coefficient (Wildman–Crippen LogP) is 3.90. The third kappa shape index (κ3) is 5.61. The summed E-state index contributed by atoms with van der Waals surface area (Å²) in [4.78, 5) is 13.8. The smallest absolute Gasteiger partial charge is 0.260 e. The molecule has 24 heavy (non-hydrogen) atoms. The molecule has 4 nitrogen and oxygen atoms in total. The van der Waals surface area contributed by atoms with Crippen LogP contribution in [0.2, 0.25) is 0 Å². The Hall–Kier alpha value is -2.49. The largest absolute Gasteiger partial charge is 0.485 e. The van der Waals surface area contributed by atoms with E-state index in [-0.39, 0.29) is 12.5 Å². The molecule has 0 atom stereocenters. The number of carbonyl (C=O) groups excluding carboxylic acids is 1. The summed E-state index contributed by atoms with van der Waals surface area (Å²) in [6.07, 6.45) is 2.06. The molecule has 0 unspecified atom stereocenters. The van der Waals surface area contributed by atoms with Crippen LogP contribution in [0.1, 0.15) is 25.3 Å². The molecule has 1 amide bonds. The van der Waals surface area contributed by atoms with Crippen molar-refractivity contribution >= 4 is 5.91 Å². The number of hydrogen-bond donors (Lipinski definition) is 0. The molecule has 2 aromatic carbocycles. The lowest BCUT2D eigenvalue weighted by Crippen LogP contribution is -2.32. The van der Waals surface area contributed by atoms with Crippen LogP contribution >= 0.6 is 0 Å². The molecule has 0 radical (unpaired) electrons. The fourth-order valence-corrected chi connectivity index (χ4v) is 2.19. The number of amides is 1. The first-order valence-corrected chi connectivity index (χ1v) is 8.33. The number of nitrogens with zero attached hydrogens (tertiary/aromatic N) is 1. The zero-order valence-corrected chi connectivity index (χ0v) is 14.4. The fourth-order valence-electron chi connectivity index (χ4n) is 2.19. The Morgan fingerprint density at radius 3 is 2.25 bits per heavy atom. The van der Waals surface area contributed by atoms with Crippen molar-refractivity contribution in [2.24, 2.45) is 0 Å². The maximum absolute atomic E-state index is 12.1. The van der Waals surface area contributed by atoms with Gasteiger partial charge in [0, 0.05) is 13.6 Å². The van der Waals surface area contributed by atoms with Crippen LogP contribution in [-0.4, -0.2) is 31.0 Å². The standard InChI is InChI=1S/C20H25NO3/c1-3-4-14-21(2)20(22)16-24-19-13-9-8-12-18(19)23-15-17-10-6-5-7-11-17/h5-13H,3-4,14-16H2,1-2H3. The molecule has 2 rings (SSSR count). The Labute approximate surface area is 144 Å². The summed E-state index contributed by atoms with van der Waals surface area (Å²) >= 11 is 0. The molecule has 0 aliphatic heterocycles. The predicted molar refractivity (Wildman–Crippen MR) is 95.3 cm³/mol. The number of para-hydroxylation sites is 2. The van der Waals surface area contributed by atoms with Crippen LogP contribution in [0.15, 0.2) is 54.6 Å². The summed E-state index contributed by atoms with van der Waals surface area (Å²) in [7, 11) is 1.80. The van der Waals surface area contributed by atoms with E-state index in [0.29, 0.717) is 18.1 Å². The van der Waals surface area contributed by atoms with Crippen LogP contribution in [-0.2, 0) is 11.4 Å². The molecule has 0 fully saturated rings. The first-order valence-electron chi connectivity index (χ1n) is 8.33. The van der Waals surface area contributed by atoms with E-state index in [1.165, 1.54) is 0 Å². The Kier molecular flexibility index (Phi) is 7.15. The van der Waals surface area contributed by atoms with Gasteiger partial charge >= 0.3 is 0 Å². The van der Waals surface area contributed by atoms with Gasteiger partial charge in [0.25, 0.3) is 5.91 Å². The zero-order valence-electron chi connectivity index (χ0n) is 14.4. The van der Waals surface area contributed by atoms with Gasteiger partial charge in [0.2, 0.25) is 0 Å². The molecule has 0 aliphatic rings. The third-order valence-electron chi connectivity index (χ3n) is 3.71. The van der Waals surface area contributed by atoms with Crippen LogP contribution in [0.4, 0.5) is 0 Å². The molecule has 0 aromatic heterocycles. The minimum Gasteiger partial charge on any atom is -0.485 e. The van der Waals surface area contributed by atoms with Gasteiger partial charge in [-0.2, -0.15) is 0 Å². The summed E-state index contributed by atoms with van der Waals surface area (Å²) in [5, 5.41) is 0. The summed E-state index contributed by atoms with van der Waals surface area (Å²) in [5.74, 6) is 1.21. The van der Waals surface area contributed by atoms with E-state index in [9.17, 15) is 4.79 Å². The second kappa shape index (κ2) is 9.60. The highest BCUT2D eigenvalue weighted by atomic mass is 16.5. The van der Waals surface area contributed by atoms with E-state index in [0.717, 1.165) is 24.9 Å². The Balaban J connectivity index is 1.90. The van der Waals surface area contributed by atoms with Crippen LogP contribution in [0, 0.1) is 0 Å². The molecule has 4 heteroatoms. The lowest BCUT2D eigenvalue weighted by molar-refractivity contribution is -0.132. The quantitative estimate of drug-likeness (QED) is 0.701. The highest BCUT2D eigenvalue weighted by Gasteiger charge is 2.11.